The molecule has 1 aliphatic rings. The lowest BCUT2D eigenvalue weighted by molar-refractivity contribution is -0.140. The van der Waals surface area contributed by atoms with Crippen LogP contribution in [0.25, 0.3) is 6.08 Å². The minimum atomic E-state index is -1.11. The van der Waals surface area contributed by atoms with Crippen LogP contribution >= 0.6 is 35.3 Å². The summed E-state index contributed by atoms with van der Waals surface area (Å²) in [4.78, 5) is 27.9. The molecule has 94 valence electrons. The first-order valence-corrected chi connectivity index (χ1v) is 6.76. The first-order chi connectivity index (χ1) is 8.47. The van der Waals surface area contributed by atoms with Crippen molar-refractivity contribution in [3.63, 3.8) is 0 Å². The van der Waals surface area contributed by atoms with Crippen molar-refractivity contribution >= 4 is 62.7 Å². The Bertz CT molecular complexity index is 566. The second-order valence-electron chi connectivity index (χ2n) is 3.27. The van der Waals surface area contributed by atoms with Crippen LogP contribution in [0.5, 0.6) is 0 Å². The number of nitrogens with two attached hydrogens (primary N) is 1. The van der Waals surface area contributed by atoms with Crippen molar-refractivity contribution in [2.75, 3.05) is 12.3 Å². The standard InChI is InChI=1S/C9H7N3O3S3/c10-8-11-4(3-17-8)1-5-7(15)12(2-6(13)14)9(16)18-5/h1,3H,2H2,(H2,10,11)(H,13,14). The number of carbonyl (C=O) groups excluding carboxylic acids is 1. The summed E-state index contributed by atoms with van der Waals surface area (Å²) in [6.45, 7) is -0.429. The van der Waals surface area contributed by atoms with Gasteiger partial charge in [0.2, 0.25) is 0 Å². The number of carboxylic acid groups (broad SMARTS) is 1. The maximum atomic E-state index is 11.9. The summed E-state index contributed by atoms with van der Waals surface area (Å²) in [7, 11) is 0. The first kappa shape index (κ1) is 13.0. The number of carboxylic acids is 1. The Hall–Kier alpha value is -1.45. The van der Waals surface area contributed by atoms with Gasteiger partial charge in [-0.05, 0) is 6.08 Å². The van der Waals surface area contributed by atoms with Crippen LogP contribution in [0.4, 0.5) is 5.13 Å². The highest BCUT2D eigenvalue weighted by atomic mass is 32.2. The number of thiocarbonyl (C=S) groups is 1. The molecule has 1 amide bonds. The number of anilines is 1. The molecule has 0 spiro atoms. The summed E-state index contributed by atoms with van der Waals surface area (Å²) in [6, 6.07) is 0. The average molecular weight is 301 g/mol. The van der Waals surface area contributed by atoms with Gasteiger partial charge in [-0.1, -0.05) is 24.0 Å². The quantitative estimate of drug-likeness (QED) is 0.635. The van der Waals surface area contributed by atoms with Crippen LogP contribution < -0.4 is 5.73 Å². The van der Waals surface area contributed by atoms with E-state index in [0.29, 0.717) is 15.7 Å². The third-order valence-corrected chi connectivity index (χ3v) is 4.06. The number of carbonyl (C=O) groups is 2. The smallest absolute Gasteiger partial charge is 0.323 e. The highest BCUT2D eigenvalue weighted by Gasteiger charge is 2.33. The number of rotatable bonds is 3. The van der Waals surface area contributed by atoms with E-state index in [2.05, 4.69) is 4.98 Å². The Morgan fingerprint density at radius 1 is 1.67 bits per heavy atom. The molecular formula is C9H7N3O3S3. The van der Waals surface area contributed by atoms with Gasteiger partial charge in [0.05, 0.1) is 10.6 Å². The predicted octanol–water partition coefficient (Wildman–Crippen LogP) is 1.01. The van der Waals surface area contributed by atoms with Gasteiger partial charge in [0, 0.05) is 5.38 Å². The Balaban J connectivity index is 2.22. The summed E-state index contributed by atoms with van der Waals surface area (Å²) in [5.41, 5.74) is 6.04. The SMILES string of the molecule is Nc1nc(C=C2SC(=S)N(CC(=O)O)C2=O)cs1. The summed E-state index contributed by atoms with van der Waals surface area (Å²) in [5, 5.41) is 10.8. The van der Waals surface area contributed by atoms with Crippen LogP contribution in [0.3, 0.4) is 0 Å². The van der Waals surface area contributed by atoms with E-state index in [4.69, 9.17) is 23.1 Å². The van der Waals surface area contributed by atoms with Crippen LogP contribution in [-0.4, -0.2) is 37.7 Å². The number of nitrogen functional groups attached to an aromatic ring is 1. The molecule has 0 atom stereocenters. The predicted molar refractivity (Wildman–Crippen MR) is 74.0 cm³/mol. The monoisotopic (exact) mass is 301 g/mol. The van der Waals surface area contributed by atoms with E-state index in [1.165, 1.54) is 11.3 Å². The summed E-state index contributed by atoms with van der Waals surface area (Å²) in [6.07, 6.45) is 1.55. The molecule has 1 fully saturated rings. The number of nitrogens with zero attached hydrogens (tertiary/aromatic N) is 2. The molecule has 0 aromatic carbocycles. The van der Waals surface area contributed by atoms with Crippen LogP contribution in [0.2, 0.25) is 0 Å². The molecule has 1 aliphatic heterocycles. The lowest BCUT2D eigenvalue weighted by Gasteiger charge is -2.09. The molecule has 6 nitrogen and oxygen atoms in total. The summed E-state index contributed by atoms with van der Waals surface area (Å²) in [5.74, 6) is -1.52. The number of aromatic nitrogens is 1. The van der Waals surface area contributed by atoms with Gasteiger partial charge in [-0.3, -0.25) is 14.5 Å². The van der Waals surface area contributed by atoms with Gasteiger partial charge >= 0.3 is 5.97 Å². The van der Waals surface area contributed by atoms with Gasteiger partial charge in [0.15, 0.2) is 5.13 Å². The average Bonchev–Trinajstić information content (AvgIpc) is 2.78. The van der Waals surface area contributed by atoms with Crippen molar-refractivity contribution in [3.8, 4) is 0 Å². The van der Waals surface area contributed by atoms with Gasteiger partial charge in [-0.25, -0.2) is 4.98 Å². The maximum Gasteiger partial charge on any atom is 0.323 e. The normalized spacial score (nSPS) is 17.8. The molecule has 1 aromatic rings. The lowest BCUT2D eigenvalue weighted by atomic mass is 10.3. The number of amides is 1. The zero-order valence-electron chi connectivity index (χ0n) is 8.82. The Morgan fingerprint density at radius 2 is 2.39 bits per heavy atom. The van der Waals surface area contributed by atoms with E-state index in [1.54, 1.807) is 11.5 Å². The summed E-state index contributed by atoms with van der Waals surface area (Å²) < 4.78 is 0.233. The van der Waals surface area contributed by atoms with Crippen LogP contribution in [0.1, 0.15) is 5.69 Å². The maximum absolute atomic E-state index is 11.9. The summed E-state index contributed by atoms with van der Waals surface area (Å²) >= 11 is 7.28. The van der Waals surface area contributed by atoms with Crippen molar-refractivity contribution in [2.24, 2.45) is 0 Å². The van der Waals surface area contributed by atoms with Gasteiger partial charge in [-0.2, -0.15) is 0 Å². The Morgan fingerprint density at radius 3 is 2.94 bits per heavy atom. The molecule has 0 bridgehead atoms. The fourth-order valence-corrected chi connectivity index (χ4v) is 3.03. The highest BCUT2D eigenvalue weighted by Crippen LogP contribution is 2.32. The van der Waals surface area contributed by atoms with Crippen molar-refractivity contribution in [3.05, 3.63) is 16.0 Å². The number of aliphatic carboxylic acids is 1. The van der Waals surface area contributed by atoms with Crippen LogP contribution in [0.15, 0.2) is 10.3 Å². The van der Waals surface area contributed by atoms with E-state index in [9.17, 15) is 9.59 Å². The number of hydrogen-bond donors (Lipinski definition) is 2. The second-order valence-corrected chi connectivity index (χ2v) is 5.84. The third kappa shape index (κ3) is 2.68. The molecule has 18 heavy (non-hydrogen) atoms. The fourth-order valence-electron chi connectivity index (χ4n) is 1.27. The molecule has 9 heteroatoms. The van der Waals surface area contributed by atoms with E-state index < -0.39 is 18.4 Å². The molecule has 0 saturated carbocycles. The van der Waals surface area contributed by atoms with Gasteiger partial charge in [-0.15, -0.1) is 11.3 Å². The highest BCUT2D eigenvalue weighted by molar-refractivity contribution is 8.26. The van der Waals surface area contributed by atoms with Gasteiger partial charge < -0.3 is 10.8 Å². The lowest BCUT2D eigenvalue weighted by Crippen LogP contribution is -2.33. The largest absolute Gasteiger partial charge is 0.480 e. The topological polar surface area (TPSA) is 96.5 Å². The molecule has 0 radical (unpaired) electrons. The van der Waals surface area contributed by atoms with E-state index >= 15 is 0 Å². The van der Waals surface area contributed by atoms with E-state index in [-0.39, 0.29) is 4.32 Å². The van der Waals surface area contributed by atoms with Crippen LogP contribution in [-0.2, 0) is 9.59 Å². The fraction of sp³-hybridized carbons (Fsp3) is 0.111. The van der Waals surface area contributed by atoms with Gasteiger partial charge in [0.25, 0.3) is 5.91 Å². The second kappa shape index (κ2) is 5.04. The molecule has 0 aliphatic carbocycles. The zero-order chi connectivity index (χ0) is 13.3. The van der Waals surface area contributed by atoms with Crippen LogP contribution in [0, 0.1) is 0 Å². The minimum absolute atomic E-state index is 0.233. The molecule has 0 unspecified atom stereocenters. The van der Waals surface area contributed by atoms with Crippen molar-refractivity contribution in [1.82, 2.24) is 9.88 Å². The Kier molecular flexibility index (Phi) is 3.64. The zero-order valence-corrected chi connectivity index (χ0v) is 11.3. The molecule has 2 heterocycles. The first-order valence-electron chi connectivity index (χ1n) is 4.65. The van der Waals surface area contributed by atoms with Crippen molar-refractivity contribution < 1.29 is 14.7 Å². The Labute approximate surface area is 115 Å². The third-order valence-electron chi connectivity index (χ3n) is 1.99. The molecular weight excluding hydrogens is 294 g/mol. The van der Waals surface area contributed by atoms with Gasteiger partial charge in [0.1, 0.15) is 10.9 Å². The molecule has 1 saturated heterocycles. The van der Waals surface area contributed by atoms with E-state index in [0.717, 1.165) is 16.7 Å². The molecule has 2 rings (SSSR count). The molecule has 1 aromatic heterocycles. The van der Waals surface area contributed by atoms with Crippen molar-refractivity contribution in [2.45, 2.75) is 0 Å². The van der Waals surface area contributed by atoms with Crippen molar-refractivity contribution in [1.29, 1.82) is 0 Å². The minimum Gasteiger partial charge on any atom is -0.480 e. The number of hydrogen-bond acceptors (Lipinski definition) is 7. The van der Waals surface area contributed by atoms with E-state index in [1.807, 2.05) is 0 Å². The molecule has 3 N–H and O–H groups in total. The number of thiazole rings is 1. The number of thioether (sulfide) groups is 1.